The SMILES string of the molecule is CC(CC#N)C(=O)c1ccc2ccccc2n1. The van der Waals surface area contributed by atoms with Gasteiger partial charge in [-0.3, -0.25) is 4.79 Å². The number of aromatic nitrogens is 1. The molecule has 0 aliphatic carbocycles. The van der Waals surface area contributed by atoms with Crippen molar-refractivity contribution in [3.63, 3.8) is 0 Å². The molecule has 3 nitrogen and oxygen atoms in total. The number of rotatable bonds is 3. The first kappa shape index (κ1) is 11.3. The Labute approximate surface area is 99.7 Å². The van der Waals surface area contributed by atoms with Gasteiger partial charge in [0, 0.05) is 17.7 Å². The lowest BCUT2D eigenvalue weighted by molar-refractivity contribution is 0.0927. The van der Waals surface area contributed by atoms with Crippen molar-refractivity contribution >= 4 is 16.7 Å². The summed E-state index contributed by atoms with van der Waals surface area (Å²) in [7, 11) is 0. The predicted molar refractivity (Wildman–Crippen MR) is 65.5 cm³/mol. The average Bonchev–Trinajstić information content (AvgIpc) is 2.37. The molecule has 1 aromatic heterocycles. The van der Waals surface area contributed by atoms with Crippen LogP contribution >= 0.6 is 0 Å². The summed E-state index contributed by atoms with van der Waals surface area (Å²) in [5, 5.41) is 9.59. The number of Topliss-reactive ketones (excluding diaryl/α,β-unsaturated/α-hetero) is 1. The molecule has 0 fully saturated rings. The number of hydrogen-bond donors (Lipinski definition) is 0. The van der Waals surface area contributed by atoms with Crippen molar-refractivity contribution in [2.24, 2.45) is 5.92 Å². The molecule has 0 saturated carbocycles. The molecular formula is C14H12N2O. The second-order valence-electron chi connectivity index (χ2n) is 4.02. The van der Waals surface area contributed by atoms with Crippen LogP contribution in [0.5, 0.6) is 0 Å². The van der Waals surface area contributed by atoms with Crippen molar-refractivity contribution in [3.8, 4) is 6.07 Å². The van der Waals surface area contributed by atoms with Gasteiger partial charge in [0.1, 0.15) is 5.69 Å². The van der Waals surface area contributed by atoms with Gasteiger partial charge in [0.05, 0.1) is 11.6 Å². The van der Waals surface area contributed by atoms with Crippen molar-refractivity contribution in [1.29, 1.82) is 5.26 Å². The van der Waals surface area contributed by atoms with Crippen molar-refractivity contribution < 1.29 is 4.79 Å². The van der Waals surface area contributed by atoms with Crippen LogP contribution in [-0.4, -0.2) is 10.8 Å². The van der Waals surface area contributed by atoms with Gasteiger partial charge in [0.25, 0.3) is 0 Å². The Morgan fingerprint density at radius 1 is 1.35 bits per heavy atom. The van der Waals surface area contributed by atoms with Crippen LogP contribution in [0.2, 0.25) is 0 Å². The number of pyridine rings is 1. The first-order chi connectivity index (χ1) is 8.22. The smallest absolute Gasteiger partial charge is 0.185 e. The highest BCUT2D eigenvalue weighted by atomic mass is 16.1. The molecule has 1 unspecified atom stereocenters. The van der Waals surface area contributed by atoms with Crippen molar-refractivity contribution in [1.82, 2.24) is 4.98 Å². The lowest BCUT2D eigenvalue weighted by Gasteiger charge is -2.06. The minimum atomic E-state index is -0.298. The Hall–Kier alpha value is -2.21. The van der Waals surface area contributed by atoms with E-state index in [4.69, 9.17) is 5.26 Å². The Morgan fingerprint density at radius 3 is 2.88 bits per heavy atom. The van der Waals surface area contributed by atoms with E-state index in [0.717, 1.165) is 10.9 Å². The van der Waals surface area contributed by atoms with Gasteiger partial charge in [-0.05, 0) is 12.1 Å². The molecule has 3 heteroatoms. The van der Waals surface area contributed by atoms with E-state index >= 15 is 0 Å². The quantitative estimate of drug-likeness (QED) is 0.753. The van der Waals surface area contributed by atoms with Crippen LogP contribution in [0, 0.1) is 17.2 Å². The molecule has 0 amide bonds. The first-order valence-electron chi connectivity index (χ1n) is 5.49. The van der Waals surface area contributed by atoms with Crippen LogP contribution in [0.15, 0.2) is 36.4 Å². The zero-order valence-electron chi connectivity index (χ0n) is 9.55. The molecule has 2 rings (SSSR count). The number of para-hydroxylation sites is 1. The number of nitrogens with zero attached hydrogens (tertiary/aromatic N) is 2. The fourth-order valence-electron chi connectivity index (χ4n) is 1.69. The normalized spacial score (nSPS) is 12.0. The zero-order valence-corrected chi connectivity index (χ0v) is 9.55. The Morgan fingerprint density at radius 2 is 2.12 bits per heavy atom. The van der Waals surface area contributed by atoms with Gasteiger partial charge in [-0.15, -0.1) is 0 Å². The molecule has 0 aliphatic rings. The van der Waals surface area contributed by atoms with Gasteiger partial charge in [0.2, 0.25) is 0 Å². The third kappa shape index (κ3) is 2.31. The molecule has 0 aliphatic heterocycles. The number of carbonyl (C=O) groups is 1. The summed E-state index contributed by atoms with van der Waals surface area (Å²) in [6, 6.07) is 13.3. The molecule has 2 aromatic rings. The minimum Gasteiger partial charge on any atom is -0.292 e. The summed E-state index contributed by atoms with van der Waals surface area (Å²) in [4.78, 5) is 16.3. The van der Waals surface area contributed by atoms with E-state index in [1.165, 1.54) is 0 Å². The molecule has 0 spiro atoms. The number of nitriles is 1. The van der Waals surface area contributed by atoms with E-state index < -0.39 is 0 Å². The van der Waals surface area contributed by atoms with Crippen molar-refractivity contribution in [2.75, 3.05) is 0 Å². The molecule has 0 N–H and O–H groups in total. The molecular weight excluding hydrogens is 212 g/mol. The van der Waals surface area contributed by atoms with Crippen LogP contribution < -0.4 is 0 Å². The number of hydrogen-bond acceptors (Lipinski definition) is 3. The monoisotopic (exact) mass is 224 g/mol. The lowest BCUT2D eigenvalue weighted by atomic mass is 10.00. The van der Waals surface area contributed by atoms with Crippen LogP contribution in [0.4, 0.5) is 0 Å². The largest absolute Gasteiger partial charge is 0.292 e. The van der Waals surface area contributed by atoms with E-state index in [0.29, 0.717) is 5.69 Å². The molecule has 1 atom stereocenters. The molecule has 17 heavy (non-hydrogen) atoms. The van der Waals surface area contributed by atoms with Gasteiger partial charge < -0.3 is 0 Å². The zero-order chi connectivity index (χ0) is 12.3. The second kappa shape index (κ2) is 4.75. The van der Waals surface area contributed by atoms with Gasteiger partial charge in [-0.2, -0.15) is 5.26 Å². The molecule has 0 radical (unpaired) electrons. The van der Waals surface area contributed by atoms with Gasteiger partial charge >= 0.3 is 0 Å². The lowest BCUT2D eigenvalue weighted by Crippen LogP contribution is -2.12. The van der Waals surface area contributed by atoms with Gasteiger partial charge in [-0.25, -0.2) is 4.98 Å². The van der Waals surface area contributed by atoms with E-state index in [1.807, 2.05) is 36.4 Å². The fraction of sp³-hybridized carbons (Fsp3) is 0.214. The summed E-state index contributed by atoms with van der Waals surface area (Å²) >= 11 is 0. The Bertz CT molecular complexity index is 598. The minimum absolute atomic E-state index is 0.0719. The third-order valence-electron chi connectivity index (χ3n) is 2.70. The molecule has 0 saturated heterocycles. The van der Waals surface area contributed by atoms with Crippen LogP contribution in [-0.2, 0) is 0 Å². The highest BCUT2D eigenvalue weighted by molar-refractivity contribution is 5.97. The summed E-state index contributed by atoms with van der Waals surface area (Å²) < 4.78 is 0. The van der Waals surface area contributed by atoms with Crippen LogP contribution in [0.3, 0.4) is 0 Å². The average molecular weight is 224 g/mol. The van der Waals surface area contributed by atoms with E-state index in [1.54, 1.807) is 13.0 Å². The molecule has 1 aromatic carbocycles. The fourth-order valence-corrected chi connectivity index (χ4v) is 1.69. The predicted octanol–water partition coefficient (Wildman–Crippen LogP) is 2.97. The van der Waals surface area contributed by atoms with Crippen molar-refractivity contribution in [3.05, 3.63) is 42.1 Å². The first-order valence-corrected chi connectivity index (χ1v) is 5.49. The van der Waals surface area contributed by atoms with Gasteiger partial charge in [0.15, 0.2) is 5.78 Å². The van der Waals surface area contributed by atoms with E-state index in [2.05, 4.69) is 4.98 Å². The molecule has 1 heterocycles. The molecule has 84 valence electrons. The van der Waals surface area contributed by atoms with E-state index in [-0.39, 0.29) is 18.1 Å². The Balaban J connectivity index is 2.37. The highest BCUT2D eigenvalue weighted by Crippen LogP contribution is 2.15. The van der Waals surface area contributed by atoms with Gasteiger partial charge in [-0.1, -0.05) is 31.2 Å². The van der Waals surface area contributed by atoms with Crippen LogP contribution in [0.1, 0.15) is 23.8 Å². The summed E-state index contributed by atoms with van der Waals surface area (Å²) in [6.45, 7) is 1.75. The number of benzene rings is 1. The highest BCUT2D eigenvalue weighted by Gasteiger charge is 2.16. The topological polar surface area (TPSA) is 53.8 Å². The second-order valence-corrected chi connectivity index (χ2v) is 4.02. The van der Waals surface area contributed by atoms with E-state index in [9.17, 15) is 4.79 Å². The van der Waals surface area contributed by atoms with Crippen molar-refractivity contribution in [2.45, 2.75) is 13.3 Å². The summed E-state index contributed by atoms with van der Waals surface area (Å²) in [5.74, 6) is -0.369. The maximum Gasteiger partial charge on any atom is 0.185 e. The summed E-state index contributed by atoms with van der Waals surface area (Å²) in [5.41, 5.74) is 1.24. The summed E-state index contributed by atoms with van der Waals surface area (Å²) in [6.07, 6.45) is 0.230. The Kier molecular flexibility index (Phi) is 3.15. The van der Waals surface area contributed by atoms with Crippen LogP contribution in [0.25, 0.3) is 10.9 Å². The molecule has 0 bridgehead atoms. The number of ketones is 1. The maximum absolute atomic E-state index is 12.0. The third-order valence-corrected chi connectivity index (χ3v) is 2.70. The maximum atomic E-state index is 12.0. The number of fused-ring (bicyclic) bond motifs is 1. The standard InChI is InChI=1S/C14H12N2O/c1-10(8-9-15)14(17)13-7-6-11-4-2-3-5-12(11)16-13/h2-7,10H,8H2,1H3. The number of carbonyl (C=O) groups excluding carboxylic acids is 1.